The minimum Gasteiger partial charge on any atom is -0.336 e. The number of nitrogens with one attached hydrogen (secondary N) is 1. The van der Waals surface area contributed by atoms with Gasteiger partial charge >= 0.3 is 0 Å². The van der Waals surface area contributed by atoms with Crippen LogP contribution in [0.25, 0.3) is 0 Å². The summed E-state index contributed by atoms with van der Waals surface area (Å²) >= 11 is 0. The first-order valence-corrected chi connectivity index (χ1v) is 6.44. The van der Waals surface area contributed by atoms with Crippen LogP contribution in [0.3, 0.4) is 0 Å². The van der Waals surface area contributed by atoms with Crippen molar-refractivity contribution in [2.75, 3.05) is 39.3 Å². The van der Waals surface area contributed by atoms with E-state index >= 15 is 0 Å². The van der Waals surface area contributed by atoms with Gasteiger partial charge in [-0.25, -0.2) is 0 Å². The monoisotopic (exact) mass is 251 g/mol. The van der Waals surface area contributed by atoms with E-state index in [1.807, 2.05) is 11.8 Å². The van der Waals surface area contributed by atoms with Crippen molar-refractivity contribution in [2.24, 2.45) is 5.73 Å². The summed E-state index contributed by atoms with van der Waals surface area (Å²) in [4.78, 5) is 16.5. The quantitative estimate of drug-likeness (QED) is 0.778. The maximum atomic E-state index is 12.2. The minimum absolute atomic E-state index is 0.0831. The van der Waals surface area contributed by atoms with Gasteiger partial charge in [0.05, 0.1) is 11.8 Å². The number of aryl methyl sites for hydroxylation is 1. The van der Waals surface area contributed by atoms with Crippen LogP contribution in [-0.2, 0) is 0 Å². The molecule has 1 saturated heterocycles. The predicted molar refractivity (Wildman–Crippen MR) is 69.3 cm³/mol. The predicted octanol–water partition coefficient (Wildman–Crippen LogP) is -0.175. The fourth-order valence-corrected chi connectivity index (χ4v) is 2.23. The zero-order valence-electron chi connectivity index (χ0n) is 10.9. The van der Waals surface area contributed by atoms with E-state index in [0.29, 0.717) is 5.56 Å². The number of amides is 1. The lowest BCUT2D eigenvalue weighted by Gasteiger charge is -2.34. The van der Waals surface area contributed by atoms with Gasteiger partial charge in [0, 0.05) is 31.9 Å². The number of rotatable bonds is 4. The molecule has 18 heavy (non-hydrogen) atoms. The molecule has 1 fully saturated rings. The second-order valence-electron chi connectivity index (χ2n) is 4.68. The van der Waals surface area contributed by atoms with E-state index in [9.17, 15) is 4.79 Å². The number of piperazine rings is 1. The second-order valence-corrected chi connectivity index (χ2v) is 4.68. The standard InChI is InChI=1S/C12H21N5O/c1-10-11(9-14-15-10)12(18)17-7-5-16(6-8-17)4-2-3-13/h9H,2-8,13H2,1H3,(H,14,15). The van der Waals surface area contributed by atoms with Gasteiger partial charge in [0.25, 0.3) is 5.91 Å². The minimum atomic E-state index is 0.0831. The van der Waals surface area contributed by atoms with Crippen molar-refractivity contribution in [2.45, 2.75) is 13.3 Å². The molecular formula is C12H21N5O. The van der Waals surface area contributed by atoms with Crippen LogP contribution in [0.4, 0.5) is 0 Å². The Bertz CT molecular complexity index is 395. The number of aromatic amines is 1. The molecular weight excluding hydrogens is 230 g/mol. The van der Waals surface area contributed by atoms with Crippen LogP contribution in [0.2, 0.25) is 0 Å². The number of hydrogen-bond donors (Lipinski definition) is 2. The van der Waals surface area contributed by atoms with Crippen molar-refractivity contribution in [3.63, 3.8) is 0 Å². The summed E-state index contributed by atoms with van der Waals surface area (Å²) in [6.07, 6.45) is 2.63. The van der Waals surface area contributed by atoms with E-state index in [1.54, 1.807) is 6.20 Å². The van der Waals surface area contributed by atoms with Crippen LogP contribution in [-0.4, -0.2) is 65.2 Å². The Hall–Kier alpha value is -1.40. The molecule has 0 unspecified atom stereocenters. The number of hydrogen-bond acceptors (Lipinski definition) is 4. The summed E-state index contributed by atoms with van der Waals surface area (Å²) in [6.45, 7) is 7.07. The number of H-pyrrole nitrogens is 1. The van der Waals surface area contributed by atoms with Gasteiger partial charge in [0.15, 0.2) is 0 Å². The van der Waals surface area contributed by atoms with Crippen LogP contribution in [0.1, 0.15) is 22.5 Å². The Balaban J connectivity index is 1.86. The van der Waals surface area contributed by atoms with Crippen molar-refractivity contribution >= 4 is 5.91 Å². The zero-order chi connectivity index (χ0) is 13.0. The normalized spacial score (nSPS) is 17.1. The zero-order valence-corrected chi connectivity index (χ0v) is 10.9. The molecule has 0 aliphatic carbocycles. The van der Waals surface area contributed by atoms with Crippen molar-refractivity contribution < 1.29 is 4.79 Å². The summed E-state index contributed by atoms with van der Waals surface area (Å²) in [6, 6.07) is 0. The third kappa shape index (κ3) is 2.88. The average Bonchev–Trinajstić information content (AvgIpc) is 2.82. The number of nitrogens with two attached hydrogens (primary N) is 1. The summed E-state index contributed by atoms with van der Waals surface area (Å²) < 4.78 is 0. The molecule has 6 nitrogen and oxygen atoms in total. The van der Waals surface area contributed by atoms with Gasteiger partial charge in [-0.1, -0.05) is 0 Å². The van der Waals surface area contributed by atoms with Crippen LogP contribution in [0.5, 0.6) is 0 Å². The summed E-state index contributed by atoms with van der Waals surface area (Å²) in [7, 11) is 0. The number of carbonyl (C=O) groups is 1. The Labute approximate surface area is 107 Å². The molecule has 0 saturated carbocycles. The highest BCUT2D eigenvalue weighted by molar-refractivity contribution is 5.95. The summed E-state index contributed by atoms with van der Waals surface area (Å²) in [5.74, 6) is 0.0831. The topological polar surface area (TPSA) is 78.2 Å². The first kappa shape index (κ1) is 13.0. The maximum absolute atomic E-state index is 12.2. The Kier molecular flexibility index (Phi) is 4.33. The fourth-order valence-electron chi connectivity index (χ4n) is 2.23. The van der Waals surface area contributed by atoms with Crippen molar-refractivity contribution in [3.05, 3.63) is 17.5 Å². The molecule has 6 heteroatoms. The molecule has 3 N–H and O–H groups in total. The highest BCUT2D eigenvalue weighted by Crippen LogP contribution is 2.10. The smallest absolute Gasteiger partial charge is 0.257 e. The Morgan fingerprint density at radius 3 is 2.72 bits per heavy atom. The molecule has 1 amide bonds. The second kappa shape index (κ2) is 5.97. The number of carbonyl (C=O) groups excluding carboxylic acids is 1. The Morgan fingerprint density at radius 1 is 1.44 bits per heavy atom. The average molecular weight is 251 g/mol. The first-order valence-electron chi connectivity index (χ1n) is 6.44. The third-order valence-corrected chi connectivity index (χ3v) is 3.40. The molecule has 0 radical (unpaired) electrons. The molecule has 2 rings (SSSR count). The largest absolute Gasteiger partial charge is 0.336 e. The molecule has 2 heterocycles. The van der Waals surface area contributed by atoms with Crippen LogP contribution in [0.15, 0.2) is 6.20 Å². The van der Waals surface area contributed by atoms with Crippen LogP contribution < -0.4 is 5.73 Å². The highest BCUT2D eigenvalue weighted by atomic mass is 16.2. The number of aromatic nitrogens is 2. The Morgan fingerprint density at radius 2 is 2.17 bits per heavy atom. The molecule has 0 bridgehead atoms. The summed E-state index contributed by atoms with van der Waals surface area (Å²) in [5.41, 5.74) is 7.02. The first-order chi connectivity index (χ1) is 8.72. The molecule has 1 aliphatic rings. The SMILES string of the molecule is Cc1[nH]ncc1C(=O)N1CCN(CCCN)CC1. The van der Waals surface area contributed by atoms with Crippen molar-refractivity contribution in [1.29, 1.82) is 0 Å². The van der Waals surface area contributed by atoms with E-state index in [1.165, 1.54) is 0 Å². The molecule has 100 valence electrons. The lowest BCUT2D eigenvalue weighted by atomic mass is 10.2. The van der Waals surface area contributed by atoms with Gasteiger partial charge in [0.2, 0.25) is 0 Å². The van der Waals surface area contributed by atoms with Gasteiger partial charge in [-0.2, -0.15) is 5.10 Å². The van der Waals surface area contributed by atoms with Gasteiger partial charge in [-0.15, -0.1) is 0 Å². The van der Waals surface area contributed by atoms with Gasteiger partial charge < -0.3 is 10.6 Å². The van der Waals surface area contributed by atoms with E-state index in [-0.39, 0.29) is 5.91 Å². The molecule has 1 aromatic rings. The van der Waals surface area contributed by atoms with E-state index in [2.05, 4.69) is 15.1 Å². The fraction of sp³-hybridized carbons (Fsp3) is 0.667. The van der Waals surface area contributed by atoms with Crippen molar-refractivity contribution in [3.8, 4) is 0 Å². The van der Waals surface area contributed by atoms with E-state index in [4.69, 9.17) is 5.73 Å². The van der Waals surface area contributed by atoms with E-state index in [0.717, 1.165) is 51.4 Å². The maximum Gasteiger partial charge on any atom is 0.257 e. The molecule has 0 spiro atoms. The summed E-state index contributed by atoms with van der Waals surface area (Å²) in [5, 5.41) is 6.70. The molecule has 0 aromatic carbocycles. The highest BCUT2D eigenvalue weighted by Gasteiger charge is 2.23. The molecule has 1 aromatic heterocycles. The van der Waals surface area contributed by atoms with Gasteiger partial charge in [-0.3, -0.25) is 14.8 Å². The lowest BCUT2D eigenvalue weighted by Crippen LogP contribution is -2.49. The van der Waals surface area contributed by atoms with E-state index < -0.39 is 0 Å². The van der Waals surface area contributed by atoms with Crippen LogP contribution in [0, 0.1) is 6.92 Å². The number of nitrogens with zero attached hydrogens (tertiary/aromatic N) is 3. The van der Waals surface area contributed by atoms with Gasteiger partial charge in [-0.05, 0) is 26.4 Å². The third-order valence-electron chi connectivity index (χ3n) is 3.40. The molecule has 1 aliphatic heterocycles. The van der Waals surface area contributed by atoms with Crippen LogP contribution >= 0.6 is 0 Å². The molecule has 0 atom stereocenters. The van der Waals surface area contributed by atoms with Gasteiger partial charge in [0.1, 0.15) is 0 Å². The lowest BCUT2D eigenvalue weighted by molar-refractivity contribution is 0.0636. The van der Waals surface area contributed by atoms with Crippen molar-refractivity contribution in [1.82, 2.24) is 20.0 Å².